The van der Waals surface area contributed by atoms with Crippen LogP contribution in [0.3, 0.4) is 0 Å². The molecule has 1 aliphatic heterocycles. The van der Waals surface area contributed by atoms with E-state index in [0.717, 1.165) is 16.7 Å². The minimum absolute atomic E-state index is 0.215. The van der Waals surface area contributed by atoms with Crippen molar-refractivity contribution in [3.8, 4) is 11.1 Å². The van der Waals surface area contributed by atoms with Gasteiger partial charge in [0.1, 0.15) is 0 Å². The number of likely N-dealkylation sites (N-methyl/N-ethyl adjacent to an activating group) is 1. The van der Waals surface area contributed by atoms with Gasteiger partial charge in [-0.25, -0.2) is 4.79 Å². The summed E-state index contributed by atoms with van der Waals surface area (Å²) in [6.07, 6.45) is -1.60. The van der Waals surface area contributed by atoms with Gasteiger partial charge in [-0.1, -0.05) is 48.0 Å². The lowest BCUT2D eigenvalue weighted by molar-refractivity contribution is -0.149. The smallest absolute Gasteiger partial charge is 0.332 e. The third kappa shape index (κ3) is 7.02. The molecule has 176 valence electrons. The van der Waals surface area contributed by atoms with Crippen LogP contribution in [0.2, 0.25) is 5.02 Å². The summed E-state index contributed by atoms with van der Waals surface area (Å²) in [5, 5.41) is 22.2. The fourth-order valence-electron chi connectivity index (χ4n) is 3.75. The summed E-state index contributed by atoms with van der Waals surface area (Å²) in [5.41, 5.74) is 2.74. The SMILES string of the molecule is CN1CCN(C(=O)C(=O)NC(Cc2ccc(-c3cccc(Cl)c3)cc2)CC(O)C(=O)O)CC1. The molecule has 1 aliphatic rings. The van der Waals surface area contributed by atoms with Crippen LogP contribution in [0, 0.1) is 0 Å². The van der Waals surface area contributed by atoms with Crippen LogP contribution >= 0.6 is 11.6 Å². The summed E-state index contributed by atoms with van der Waals surface area (Å²) in [5.74, 6) is -2.82. The van der Waals surface area contributed by atoms with Gasteiger partial charge < -0.3 is 25.3 Å². The van der Waals surface area contributed by atoms with Crippen LogP contribution in [0.4, 0.5) is 0 Å². The van der Waals surface area contributed by atoms with E-state index in [0.29, 0.717) is 31.2 Å². The van der Waals surface area contributed by atoms with E-state index < -0.39 is 29.9 Å². The Hall–Kier alpha value is -2.94. The number of aliphatic hydroxyl groups excluding tert-OH is 1. The van der Waals surface area contributed by atoms with Crippen LogP contribution in [0.1, 0.15) is 12.0 Å². The Kier molecular flexibility index (Phi) is 8.43. The molecule has 0 saturated carbocycles. The number of nitrogens with one attached hydrogen (secondary N) is 1. The molecule has 0 aliphatic carbocycles. The number of aliphatic carboxylic acids is 1. The van der Waals surface area contributed by atoms with Gasteiger partial charge in [-0.05, 0) is 42.3 Å². The molecule has 9 heteroatoms. The lowest BCUT2D eigenvalue weighted by Crippen LogP contribution is -2.53. The van der Waals surface area contributed by atoms with Gasteiger partial charge in [-0.2, -0.15) is 0 Å². The van der Waals surface area contributed by atoms with Crippen molar-refractivity contribution < 1.29 is 24.6 Å². The van der Waals surface area contributed by atoms with Crippen molar-refractivity contribution in [2.75, 3.05) is 33.2 Å². The summed E-state index contributed by atoms with van der Waals surface area (Å²) in [4.78, 5) is 39.9. The second-order valence-corrected chi connectivity index (χ2v) is 8.70. The molecule has 1 saturated heterocycles. The Morgan fingerprint density at radius 2 is 1.70 bits per heavy atom. The zero-order valence-corrected chi connectivity index (χ0v) is 19.2. The molecule has 0 spiro atoms. The number of carbonyl (C=O) groups is 3. The molecule has 2 unspecified atom stereocenters. The highest BCUT2D eigenvalue weighted by atomic mass is 35.5. The van der Waals surface area contributed by atoms with Crippen molar-refractivity contribution >= 4 is 29.4 Å². The predicted octanol–water partition coefficient (Wildman–Crippen LogP) is 1.64. The molecule has 1 fully saturated rings. The van der Waals surface area contributed by atoms with Crippen LogP contribution in [0.25, 0.3) is 11.1 Å². The van der Waals surface area contributed by atoms with Gasteiger partial charge in [0, 0.05) is 43.7 Å². The van der Waals surface area contributed by atoms with Gasteiger partial charge in [0.25, 0.3) is 0 Å². The average Bonchev–Trinajstić information content (AvgIpc) is 2.79. The van der Waals surface area contributed by atoms with Crippen LogP contribution in [-0.4, -0.2) is 83.2 Å². The molecule has 0 bridgehead atoms. The minimum Gasteiger partial charge on any atom is -0.479 e. The van der Waals surface area contributed by atoms with Gasteiger partial charge in [0.15, 0.2) is 6.10 Å². The van der Waals surface area contributed by atoms with E-state index in [-0.39, 0.29) is 12.8 Å². The average molecular weight is 474 g/mol. The second-order valence-electron chi connectivity index (χ2n) is 8.27. The number of hydrogen-bond acceptors (Lipinski definition) is 5. The second kappa shape index (κ2) is 11.3. The number of carboxylic acids is 1. The summed E-state index contributed by atoms with van der Waals surface area (Å²) in [7, 11) is 1.95. The molecule has 2 aromatic rings. The molecule has 0 aromatic heterocycles. The van der Waals surface area contributed by atoms with Gasteiger partial charge in [0.2, 0.25) is 0 Å². The Balaban J connectivity index is 1.69. The number of nitrogens with zero attached hydrogens (tertiary/aromatic N) is 2. The van der Waals surface area contributed by atoms with Crippen molar-refractivity contribution in [2.24, 2.45) is 0 Å². The molecule has 2 amide bonds. The molecule has 0 radical (unpaired) electrons. The van der Waals surface area contributed by atoms with Crippen molar-refractivity contribution in [3.05, 3.63) is 59.1 Å². The van der Waals surface area contributed by atoms with Crippen molar-refractivity contribution in [1.29, 1.82) is 0 Å². The molecule has 3 N–H and O–H groups in total. The molecule has 8 nitrogen and oxygen atoms in total. The Morgan fingerprint density at radius 3 is 2.30 bits per heavy atom. The van der Waals surface area contributed by atoms with E-state index >= 15 is 0 Å². The van der Waals surface area contributed by atoms with Crippen molar-refractivity contribution in [3.63, 3.8) is 0 Å². The molecule has 1 heterocycles. The summed E-state index contributed by atoms with van der Waals surface area (Å²) in [6.45, 7) is 2.27. The van der Waals surface area contributed by atoms with Gasteiger partial charge in [-0.3, -0.25) is 9.59 Å². The Morgan fingerprint density at radius 1 is 1.03 bits per heavy atom. The summed E-state index contributed by atoms with van der Waals surface area (Å²) < 4.78 is 0. The maximum atomic E-state index is 12.6. The Labute approximate surface area is 197 Å². The number of carboxylic acid groups (broad SMARTS) is 1. The van der Waals surface area contributed by atoms with E-state index in [1.807, 2.05) is 49.5 Å². The first kappa shape index (κ1) is 24.7. The standard InChI is InChI=1S/C24H28ClN3O5/c1-27-9-11-28(12-10-27)23(31)22(30)26-20(15-21(29)24(32)33)13-16-5-7-17(8-6-16)18-3-2-4-19(25)14-18/h2-8,14,20-21,29H,9-13,15H2,1H3,(H,26,30)(H,32,33). The molecule has 33 heavy (non-hydrogen) atoms. The highest BCUT2D eigenvalue weighted by Gasteiger charge is 2.28. The van der Waals surface area contributed by atoms with Crippen LogP contribution < -0.4 is 5.32 Å². The van der Waals surface area contributed by atoms with Gasteiger partial charge >= 0.3 is 17.8 Å². The first-order valence-electron chi connectivity index (χ1n) is 10.8. The van der Waals surface area contributed by atoms with Gasteiger partial charge in [0.05, 0.1) is 0 Å². The zero-order chi connectivity index (χ0) is 24.0. The van der Waals surface area contributed by atoms with Crippen LogP contribution in [-0.2, 0) is 20.8 Å². The number of rotatable bonds is 7. The summed E-state index contributed by atoms with van der Waals surface area (Å²) >= 11 is 6.06. The minimum atomic E-state index is -1.65. The number of hydrogen-bond donors (Lipinski definition) is 3. The maximum Gasteiger partial charge on any atom is 0.332 e. The van der Waals surface area contributed by atoms with E-state index in [4.69, 9.17) is 16.7 Å². The topological polar surface area (TPSA) is 110 Å². The maximum absolute atomic E-state index is 12.6. The highest BCUT2D eigenvalue weighted by molar-refractivity contribution is 6.35. The molecular weight excluding hydrogens is 446 g/mol. The number of piperazine rings is 1. The normalized spacial score (nSPS) is 16.2. The molecule has 2 aromatic carbocycles. The van der Waals surface area contributed by atoms with E-state index in [1.54, 1.807) is 6.07 Å². The fraction of sp³-hybridized carbons (Fsp3) is 0.375. The van der Waals surface area contributed by atoms with E-state index in [2.05, 4.69) is 10.2 Å². The van der Waals surface area contributed by atoms with Crippen molar-refractivity contribution in [1.82, 2.24) is 15.1 Å². The largest absolute Gasteiger partial charge is 0.479 e. The fourth-order valence-corrected chi connectivity index (χ4v) is 3.94. The highest BCUT2D eigenvalue weighted by Crippen LogP contribution is 2.23. The lowest BCUT2D eigenvalue weighted by atomic mass is 9.97. The molecule has 3 rings (SSSR count). The van der Waals surface area contributed by atoms with Gasteiger partial charge in [-0.15, -0.1) is 0 Å². The van der Waals surface area contributed by atoms with Crippen molar-refractivity contribution in [2.45, 2.75) is 25.0 Å². The quantitative estimate of drug-likeness (QED) is 0.527. The first-order valence-corrected chi connectivity index (χ1v) is 11.1. The first-order chi connectivity index (χ1) is 15.7. The van der Waals surface area contributed by atoms with Crippen LogP contribution in [0.5, 0.6) is 0 Å². The summed E-state index contributed by atoms with van der Waals surface area (Å²) in [6, 6.07) is 14.3. The number of halogens is 1. The number of amides is 2. The number of aliphatic hydroxyl groups is 1. The zero-order valence-electron chi connectivity index (χ0n) is 18.4. The number of carbonyl (C=O) groups excluding carboxylic acids is 2. The van der Waals surface area contributed by atoms with Crippen LogP contribution in [0.15, 0.2) is 48.5 Å². The predicted molar refractivity (Wildman–Crippen MR) is 125 cm³/mol. The molecule has 2 atom stereocenters. The number of benzene rings is 2. The van der Waals surface area contributed by atoms with E-state index in [1.165, 1.54) is 4.90 Å². The Bertz CT molecular complexity index is 990. The van der Waals surface area contributed by atoms with E-state index in [9.17, 15) is 19.5 Å². The molecular formula is C24H28ClN3O5. The monoisotopic (exact) mass is 473 g/mol. The third-order valence-electron chi connectivity index (χ3n) is 5.71. The lowest BCUT2D eigenvalue weighted by Gasteiger charge is -2.32. The third-order valence-corrected chi connectivity index (χ3v) is 5.94.